The Bertz CT molecular complexity index is 905. The smallest absolute Gasteiger partial charge is 0.416 e. The molecule has 126 valence electrons. The number of benzene rings is 2. The Morgan fingerprint density at radius 3 is 2.04 bits per heavy atom. The minimum Gasteiger partial charge on any atom is -0.478 e. The molecule has 0 saturated carbocycles. The van der Waals surface area contributed by atoms with Crippen molar-refractivity contribution in [1.29, 1.82) is 0 Å². The molecule has 0 spiro atoms. The third-order valence-electron chi connectivity index (χ3n) is 3.55. The molecule has 0 aliphatic rings. The van der Waals surface area contributed by atoms with Gasteiger partial charge in [-0.05, 0) is 30.3 Å². The summed E-state index contributed by atoms with van der Waals surface area (Å²) in [6.07, 6.45) is -2.89. The van der Waals surface area contributed by atoms with E-state index in [9.17, 15) is 18.0 Å². The van der Waals surface area contributed by atoms with Crippen molar-refractivity contribution in [3.8, 4) is 22.6 Å². The van der Waals surface area contributed by atoms with Crippen molar-refractivity contribution >= 4 is 5.97 Å². The van der Waals surface area contributed by atoms with Crippen molar-refractivity contribution < 1.29 is 23.1 Å². The first kappa shape index (κ1) is 16.6. The van der Waals surface area contributed by atoms with Crippen molar-refractivity contribution in [2.45, 2.75) is 6.18 Å². The highest BCUT2D eigenvalue weighted by Crippen LogP contribution is 2.30. The van der Waals surface area contributed by atoms with Gasteiger partial charge < -0.3 is 5.11 Å². The molecule has 0 atom stereocenters. The van der Waals surface area contributed by atoms with Crippen molar-refractivity contribution in [3.63, 3.8) is 0 Å². The van der Waals surface area contributed by atoms with Gasteiger partial charge in [-0.25, -0.2) is 14.8 Å². The molecule has 0 aliphatic carbocycles. The zero-order chi connectivity index (χ0) is 18.0. The van der Waals surface area contributed by atoms with Crippen LogP contribution in [-0.4, -0.2) is 21.0 Å². The maximum Gasteiger partial charge on any atom is 0.416 e. The first-order chi connectivity index (χ1) is 11.8. The van der Waals surface area contributed by atoms with Gasteiger partial charge in [-0.3, -0.25) is 0 Å². The van der Waals surface area contributed by atoms with E-state index >= 15 is 0 Å². The fourth-order valence-electron chi connectivity index (χ4n) is 2.25. The number of hydrogen-bond donors (Lipinski definition) is 1. The summed E-state index contributed by atoms with van der Waals surface area (Å²) in [7, 11) is 0. The Kier molecular flexibility index (Phi) is 4.22. The second-order valence-corrected chi connectivity index (χ2v) is 5.22. The van der Waals surface area contributed by atoms with E-state index in [1.54, 1.807) is 18.2 Å². The molecule has 3 aromatic rings. The molecule has 3 rings (SSSR count). The summed E-state index contributed by atoms with van der Waals surface area (Å²) >= 11 is 0. The average Bonchev–Trinajstić information content (AvgIpc) is 2.61. The highest BCUT2D eigenvalue weighted by atomic mass is 19.4. The minimum atomic E-state index is -4.39. The molecule has 25 heavy (non-hydrogen) atoms. The lowest BCUT2D eigenvalue weighted by molar-refractivity contribution is -0.137. The number of hydrogen-bond acceptors (Lipinski definition) is 3. The fourth-order valence-corrected chi connectivity index (χ4v) is 2.25. The number of aromatic nitrogens is 2. The molecule has 1 heterocycles. The standard InChI is InChI=1S/C18H11F3N2O2/c19-18(20,21)14-7-5-11(6-8-14)15-9-10-22-16(23-15)12-1-3-13(4-2-12)17(24)25/h1-10H,(H,24,25). The molecule has 4 nitrogen and oxygen atoms in total. The first-order valence-electron chi connectivity index (χ1n) is 7.19. The van der Waals surface area contributed by atoms with E-state index in [2.05, 4.69) is 9.97 Å². The van der Waals surface area contributed by atoms with Gasteiger partial charge in [0.2, 0.25) is 0 Å². The number of rotatable bonds is 3. The van der Waals surface area contributed by atoms with Crippen LogP contribution >= 0.6 is 0 Å². The van der Waals surface area contributed by atoms with Gasteiger partial charge in [0.1, 0.15) is 0 Å². The molecule has 1 N–H and O–H groups in total. The maximum absolute atomic E-state index is 12.6. The summed E-state index contributed by atoms with van der Waals surface area (Å²) in [5.74, 6) is -0.680. The number of aromatic carboxylic acids is 1. The number of carboxylic acid groups (broad SMARTS) is 1. The van der Waals surface area contributed by atoms with E-state index in [-0.39, 0.29) is 5.56 Å². The van der Waals surface area contributed by atoms with E-state index in [0.717, 1.165) is 12.1 Å². The minimum absolute atomic E-state index is 0.141. The topological polar surface area (TPSA) is 63.1 Å². The van der Waals surface area contributed by atoms with E-state index < -0.39 is 17.7 Å². The highest BCUT2D eigenvalue weighted by molar-refractivity contribution is 5.88. The molecule has 1 aromatic heterocycles. The molecule has 7 heteroatoms. The van der Waals surface area contributed by atoms with Crippen LogP contribution in [0.25, 0.3) is 22.6 Å². The lowest BCUT2D eigenvalue weighted by atomic mass is 10.1. The van der Waals surface area contributed by atoms with E-state index in [1.165, 1.54) is 30.5 Å². The molecule has 0 radical (unpaired) electrons. The number of halogens is 3. The molecule has 0 amide bonds. The second kappa shape index (κ2) is 6.35. The second-order valence-electron chi connectivity index (χ2n) is 5.22. The molecular weight excluding hydrogens is 333 g/mol. The van der Waals surface area contributed by atoms with Crippen LogP contribution in [0.5, 0.6) is 0 Å². The van der Waals surface area contributed by atoms with Crippen LogP contribution in [0.1, 0.15) is 15.9 Å². The Morgan fingerprint density at radius 1 is 0.880 bits per heavy atom. The van der Waals surface area contributed by atoms with Gasteiger partial charge in [-0.1, -0.05) is 24.3 Å². The molecular formula is C18H11F3N2O2. The van der Waals surface area contributed by atoms with Gasteiger partial charge in [0.25, 0.3) is 0 Å². The Balaban J connectivity index is 1.92. The van der Waals surface area contributed by atoms with Crippen LogP contribution < -0.4 is 0 Å². The predicted octanol–water partition coefficient (Wildman–Crippen LogP) is 4.53. The van der Waals surface area contributed by atoms with Gasteiger partial charge in [0, 0.05) is 17.3 Å². The summed E-state index contributed by atoms with van der Waals surface area (Å²) in [5.41, 5.74) is 1.02. The monoisotopic (exact) mass is 344 g/mol. The Hall–Kier alpha value is -3.22. The largest absolute Gasteiger partial charge is 0.478 e. The molecule has 0 fully saturated rings. The predicted molar refractivity (Wildman–Crippen MR) is 84.9 cm³/mol. The number of nitrogens with zero attached hydrogens (tertiary/aromatic N) is 2. The third kappa shape index (κ3) is 3.65. The van der Waals surface area contributed by atoms with Crippen molar-refractivity contribution in [1.82, 2.24) is 9.97 Å². The van der Waals surface area contributed by atoms with Crippen LogP contribution in [0.4, 0.5) is 13.2 Å². The summed E-state index contributed by atoms with van der Waals surface area (Å²) in [6.45, 7) is 0. The summed E-state index contributed by atoms with van der Waals surface area (Å²) in [6, 6.07) is 12.3. The van der Waals surface area contributed by atoms with Gasteiger partial charge in [-0.2, -0.15) is 13.2 Å². The van der Waals surface area contributed by atoms with Crippen molar-refractivity contribution in [3.05, 3.63) is 71.9 Å². The van der Waals surface area contributed by atoms with Gasteiger partial charge in [0.05, 0.1) is 16.8 Å². The first-order valence-corrected chi connectivity index (χ1v) is 7.19. The lowest BCUT2D eigenvalue weighted by Crippen LogP contribution is -2.04. The Morgan fingerprint density at radius 2 is 1.48 bits per heavy atom. The molecule has 0 bridgehead atoms. The van der Waals surface area contributed by atoms with Crippen molar-refractivity contribution in [2.75, 3.05) is 0 Å². The number of carboxylic acids is 1. The normalized spacial score (nSPS) is 11.3. The van der Waals surface area contributed by atoms with Crippen LogP contribution in [-0.2, 0) is 6.18 Å². The molecule has 0 aliphatic heterocycles. The quantitative estimate of drug-likeness (QED) is 0.758. The average molecular weight is 344 g/mol. The fraction of sp³-hybridized carbons (Fsp3) is 0.0556. The summed E-state index contributed by atoms with van der Waals surface area (Å²) in [4.78, 5) is 19.3. The lowest BCUT2D eigenvalue weighted by Gasteiger charge is -2.08. The molecule has 0 saturated heterocycles. The van der Waals surface area contributed by atoms with E-state index in [0.29, 0.717) is 22.6 Å². The summed E-state index contributed by atoms with van der Waals surface area (Å²) < 4.78 is 37.9. The van der Waals surface area contributed by atoms with Crippen molar-refractivity contribution in [2.24, 2.45) is 0 Å². The molecule has 2 aromatic carbocycles. The number of alkyl halides is 3. The zero-order valence-corrected chi connectivity index (χ0v) is 12.7. The van der Waals surface area contributed by atoms with Crippen LogP contribution in [0.2, 0.25) is 0 Å². The van der Waals surface area contributed by atoms with E-state index in [4.69, 9.17) is 5.11 Å². The SMILES string of the molecule is O=C(O)c1ccc(-c2nccc(-c3ccc(C(F)(F)F)cc3)n2)cc1. The van der Waals surface area contributed by atoms with Crippen LogP contribution in [0, 0.1) is 0 Å². The number of carbonyl (C=O) groups is 1. The Labute approximate surface area is 140 Å². The van der Waals surface area contributed by atoms with Crippen LogP contribution in [0.3, 0.4) is 0 Å². The summed E-state index contributed by atoms with van der Waals surface area (Å²) in [5, 5.41) is 8.91. The zero-order valence-electron chi connectivity index (χ0n) is 12.7. The highest BCUT2D eigenvalue weighted by Gasteiger charge is 2.30. The van der Waals surface area contributed by atoms with Gasteiger partial charge >= 0.3 is 12.1 Å². The molecule has 0 unspecified atom stereocenters. The van der Waals surface area contributed by atoms with Gasteiger partial charge in [0.15, 0.2) is 5.82 Å². The maximum atomic E-state index is 12.6. The third-order valence-corrected chi connectivity index (χ3v) is 3.55. The van der Waals surface area contributed by atoms with Crippen LogP contribution in [0.15, 0.2) is 60.8 Å². The van der Waals surface area contributed by atoms with Gasteiger partial charge in [-0.15, -0.1) is 0 Å². The van der Waals surface area contributed by atoms with E-state index in [1.807, 2.05) is 0 Å².